The number of hydrogen-bond acceptors (Lipinski definition) is 4. The minimum absolute atomic E-state index is 0.195. The fraction of sp³-hybridized carbons (Fsp3) is 0.667. The maximum Gasteiger partial charge on any atom is 0.323 e. The fourth-order valence-electron chi connectivity index (χ4n) is 0.892. The number of rotatable bonds is 3. The Morgan fingerprint density at radius 3 is 3.00 bits per heavy atom. The van der Waals surface area contributed by atoms with Crippen LogP contribution in [0.3, 0.4) is 0 Å². The number of carbonyl (C=O) groups excluding carboxylic acids is 1. The number of carbonyl (C=O) groups is 2. The molecule has 0 aromatic carbocycles. The molecular weight excluding hydrogens is 150 g/mol. The number of carboxylic acids is 1. The number of aliphatic carboxylic acids is 1. The van der Waals surface area contributed by atoms with Gasteiger partial charge in [-0.2, -0.15) is 0 Å². The first-order chi connectivity index (χ1) is 5.20. The highest BCUT2D eigenvalue weighted by Gasteiger charge is 2.25. The number of cyclic esters (lactones) is 1. The molecule has 1 aliphatic heterocycles. The monoisotopic (exact) mass is 159 g/mol. The molecule has 1 saturated heterocycles. The Kier molecular flexibility index (Phi) is 2.43. The molecule has 0 radical (unpaired) electrons. The first-order valence-electron chi connectivity index (χ1n) is 3.32. The first kappa shape index (κ1) is 8.00. The van der Waals surface area contributed by atoms with Crippen molar-refractivity contribution in [3.05, 3.63) is 0 Å². The lowest BCUT2D eigenvalue weighted by molar-refractivity contribution is -0.140. The van der Waals surface area contributed by atoms with E-state index in [9.17, 15) is 9.59 Å². The predicted molar refractivity (Wildman–Crippen MR) is 35.0 cm³/mol. The van der Waals surface area contributed by atoms with Crippen molar-refractivity contribution in [1.29, 1.82) is 0 Å². The van der Waals surface area contributed by atoms with E-state index in [2.05, 4.69) is 10.1 Å². The van der Waals surface area contributed by atoms with Gasteiger partial charge in [-0.3, -0.25) is 14.9 Å². The van der Waals surface area contributed by atoms with Crippen molar-refractivity contribution in [1.82, 2.24) is 5.32 Å². The van der Waals surface area contributed by atoms with Crippen LogP contribution in [0.2, 0.25) is 0 Å². The molecule has 0 aromatic heterocycles. The van der Waals surface area contributed by atoms with Crippen LogP contribution in [0.15, 0.2) is 0 Å². The minimum atomic E-state index is -0.968. The molecule has 62 valence electrons. The van der Waals surface area contributed by atoms with Gasteiger partial charge in [0.1, 0.15) is 6.04 Å². The van der Waals surface area contributed by atoms with Crippen LogP contribution in [0.1, 0.15) is 6.42 Å². The van der Waals surface area contributed by atoms with Crippen LogP contribution in [-0.2, 0) is 14.3 Å². The molecule has 0 aromatic rings. The summed E-state index contributed by atoms with van der Waals surface area (Å²) in [6, 6.07) is -0.425. The number of carboxylic acid groups (broad SMARTS) is 1. The molecular formula is C6H9NO4. The molecule has 0 spiro atoms. The van der Waals surface area contributed by atoms with Gasteiger partial charge in [0, 0.05) is 6.42 Å². The Morgan fingerprint density at radius 2 is 2.55 bits per heavy atom. The summed E-state index contributed by atoms with van der Waals surface area (Å²) in [5, 5.41) is 10.8. The van der Waals surface area contributed by atoms with E-state index in [4.69, 9.17) is 5.11 Å². The molecule has 2 N–H and O–H groups in total. The topological polar surface area (TPSA) is 75.6 Å². The highest BCUT2D eigenvalue weighted by atomic mass is 16.5. The van der Waals surface area contributed by atoms with Crippen molar-refractivity contribution in [2.45, 2.75) is 12.5 Å². The van der Waals surface area contributed by atoms with E-state index >= 15 is 0 Å². The summed E-state index contributed by atoms with van der Waals surface area (Å²) in [6.07, 6.45) is 0.562. The van der Waals surface area contributed by atoms with Gasteiger partial charge in [0.2, 0.25) is 0 Å². The highest BCUT2D eigenvalue weighted by molar-refractivity contribution is 5.78. The lowest BCUT2D eigenvalue weighted by Crippen LogP contribution is -2.36. The van der Waals surface area contributed by atoms with Crippen molar-refractivity contribution in [3.63, 3.8) is 0 Å². The lowest BCUT2D eigenvalue weighted by Gasteiger charge is -2.03. The molecule has 0 amide bonds. The van der Waals surface area contributed by atoms with Gasteiger partial charge in [0.15, 0.2) is 0 Å². The van der Waals surface area contributed by atoms with E-state index in [1.807, 2.05) is 0 Å². The summed E-state index contributed by atoms with van der Waals surface area (Å²) in [7, 11) is 0. The molecule has 1 aliphatic rings. The van der Waals surface area contributed by atoms with Gasteiger partial charge in [-0.1, -0.05) is 0 Å². The standard InChI is InChI=1S/C6H9NO4/c8-5(9)3-7-4-1-2-11-6(4)10/h4,7H,1-3H2,(H,8,9). The van der Waals surface area contributed by atoms with Crippen molar-refractivity contribution in [3.8, 4) is 0 Å². The maximum absolute atomic E-state index is 10.7. The van der Waals surface area contributed by atoms with Gasteiger partial charge in [0.25, 0.3) is 0 Å². The molecule has 0 saturated carbocycles. The summed E-state index contributed by atoms with van der Waals surface area (Å²) in [6.45, 7) is 0.190. The summed E-state index contributed by atoms with van der Waals surface area (Å²) >= 11 is 0. The van der Waals surface area contributed by atoms with Crippen LogP contribution in [0.25, 0.3) is 0 Å². The molecule has 0 aliphatic carbocycles. The van der Waals surface area contributed by atoms with Crippen molar-refractivity contribution in [2.75, 3.05) is 13.2 Å². The Hall–Kier alpha value is -1.10. The van der Waals surface area contributed by atoms with Gasteiger partial charge >= 0.3 is 11.9 Å². The van der Waals surface area contributed by atoms with E-state index in [-0.39, 0.29) is 12.5 Å². The zero-order chi connectivity index (χ0) is 8.27. The van der Waals surface area contributed by atoms with E-state index in [0.717, 1.165) is 0 Å². The zero-order valence-corrected chi connectivity index (χ0v) is 5.87. The Bertz CT molecular complexity index is 179. The smallest absolute Gasteiger partial charge is 0.323 e. The third-order valence-electron chi connectivity index (χ3n) is 1.44. The maximum atomic E-state index is 10.7. The number of nitrogens with one attached hydrogen (secondary N) is 1. The van der Waals surface area contributed by atoms with Crippen LogP contribution in [0, 0.1) is 0 Å². The van der Waals surface area contributed by atoms with Crippen LogP contribution in [-0.4, -0.2) is 36.2 Å². The number of hydrogen-bond donors (Lipinski definition) is 2. The molecule has 5 nitrogen and oxygen atoms in total. The fourth-order valence-corrected chi connectivity index (χ4v) is 0.892. The number of ether oxygens (including phenoxy) is 1. The quantitative estimate of drug-likeness (QED) is 0.515. The van der Waals surface area contributed by atoms with Crippen molar-refractivity contribution >= 4 is 11.9 Å². The van der Waals surface area contributed by atoms with E-state index in [1.165, 1.54) is 0 Å². The van der Waals surface area contributed by atoms with Crippen molar-refractivity contribution in [2.24, 2.45) is 0 Å². The van der Waals surface area contributed by atoms with Gasteiger partial charge in [0.05, 0.1) is 13.2 Å². The third-order valence-corrected chi connectivity index (χ3v) is 1.44. The SMILES string of the molecule is O=C(O)CNC1CCOC1=O. The zero-order valence-electron chi connectivity index (χ0n) is 5.87. The van der Waals surface area contributed by atoms with Crippen LogP contribution >= 0.6 is 0 Å². The Labute approximate surface area is 63.3 Å². The first-order valence-corrected chi connectivity index (χ1v) is 3.32. The summed E-state index contributed by atoms with van der Waals surface area (Å²) in [5.74, 6) is -1.32. The minimum Gasteiger partial charge on any atom is -0.480 e. The van der Waals surface area contributed by atoms with Gasteiger partial charge in [-0.15, -0.1) is 0 Å². The second-order valence-corrected chi connectivity index (χ2v) is 2.28. The number of esters is 1. The molecule has 1 unspecified atom stereocenters. The molecule has 1 heterocycles. The molecule has 1 atom stereocenters. The van der Waals surface area contributed by atoms with Crippen molar-refractivity contribution < 1.29 is 19.4 Å². The second kappa shape index (κ2) is 3.34. The summed E-state index contributed by atoms with van der Waals surface area (Å²) in [5.41, 5.74) is 0. The largest absolute Gasteiger partial charge is 0.480 e. The molecule has 11 heavy (non-hydrogen) atoms. The highest BCUT2D eigenvalue weighted by Crippen LogP contribution is 2.04. The Morgan fingerprint density at radius 1 is 1.82 bits per heavy atom. The summed E-state index contributed by atoms with van der Waals surface area (Å²) in [4.78, 5) is 20.8. The average Bonchev–Trinajstić information content (AvgIpc) is 2.31. The lowest BCUT2D eigenvalue weighted by atomic mass is 10.2. The molecule has 1 rings (SSSR count). The third kappa shape index (κ3) is 2.19. The second-order valence-electron chi connectivity index (χ2n) is 2.28. The van der Waals surface area contributed by atoms with Crippen LogP contribution in [0.5, 0.6) is 0 Å². The van der Waals surface area contributed by atoms with E-state index in [1.54, 1.807) is 0 Å². The van der Waals surface area contributed by atoms with Crippen LogP contribution < -0.4 is 5.32 Å². The van der Waals surface area contributed by atoms with Crippen LogP contribution in [0.4, 0.5) is 0 Å². The van der Waals surface area contributed by atoms with E-state index < -0.39 is 12.0 Å². The Balaban J connectivity index is 2.26. The predicted octanol–water partition coefficient (Wildman–Crippen LogP) is -1.02. The van der Waals surface area contributed by atoms with Gasteiger partial charge in [-0.25, -0.2) is 0 Å². The molecule has 1 fully saturated rings. The van der Waals surface area contributed by atoms with Gasteiger partial charge in [-0.05, 0) is 0 Å². The van der Waals surface area contributed by atoms with E-state index in [0.29, 0.717) is 13.0 Å². The van der Waals surface area contributed by atoms with Gasteiger partial charge < -0.3 is 9.84 Å². The average molecular weight is 159 g/mol. The summed E-state index contributed by atoms with van der Waals surface area (Å²) < 4.78 is 4.60. The normalized spacial score (nSPS) is 23.3. The molecule has 0 bridgehead atoms. The molecule has 5 heteroatoms.